The highest BCUT2D eigenvalue weighted by molar-refractivity contribution is 6.31. The molecule has 1 aromatic carbocycles. The van der Waals surface area contributed by atoms with Crippen LogP contribution in [0.5, 0.6) is 0 Å². The summed E-state index contributed by atoms with van der Waals surface area (Å²) in [5, 5.41) is 0.613. The molecule has 1 aliphatic heterocycles. The minimum atomic E-state index is 0.0579. The van der Waals surface area contributed by atoms with E-state index >= 15 is 0 Å². The van der Waals surface area contributed by atoms with Crippen molar-refractivity contribution in [2.45, 2.75) is 25.8 Å². The van der Waals surface area contributed by atoms with E-state index in [0.717, 1.165) is 31.5 Å². The first-order chi connectivity index (χ1) is 8.06. The molecular formula is C13H17ClN2O. The fraction of sp³-hybridized carbons (Fsp3) is 0.462. The number of nitrogens with zero attached hydrogens (tertiary/aromatic N) is 1. The molecule has 0 spiro atoms. The fourth-order valence-electron chi connectivity index (χ4n) is 2.14. The van der Waals surface area contributed by atoms with Gasteiger partial charge in [-0.15, -0.1) is 0 Å². The van der Waals surface area contributed by atoms with Gasteiger partial charge in [-0.1, -0.05) is 11.6 Å². The van der Waals surface area contributed by atoms with Gasteiger partial charge in [-0.3, -0.25) is 4.79 Å². The Morgan fingerprint density at radius 3 is 2.59 bits per heavy atom. The second kappa shape index (κ2) is 5.07. The van der Waals surface area contributed by atoms with Crippen molar-refractivity contribution >= 4 is 17.5 Å². The molecule has 0 aromatic heterocycles. The van der Waals surface area contributed by atoms with Gasteiger partial charge in [0, 0.05) is 29.7 Å². The lowest BCUT2D eigenvalue weighted by atomic mass is 10.0. The third kappa shape index (κ3) is 2.99. The van der Waals surface area contributed by atoms with E-state index in [4.69, 9.17) is 17.3 Å². The molecule has 92 valence electrons. The summed E-state index contributed by atoms with van der Waals surface area (Å²) in [6, 6.07) is 5.69. The van der Waals surface area contributed by atoms with E-state index in [2.05, 4.69) is 0 Å². The first-order valence-corrected chi connectivity index (χ1v) is 6.26. The third-order valence-electron chi connectivity index (χ3n) is 3.12. The molecular weight excluding hydrogens is 236 g/mol. The van der Waals surface area contributed by atoms with Crippen molar-refractivity contribution in [3.63, 3.8) is 0 Å². The maximum atomic E-state index is 12.2. The van der Waals surface area contributed by atoms with Gasteiger partial charge in [0.15, 0.2) is 0 Å². The zero-order valence-corrected chi connectivity index (χ0v) is 10.7. The first-order valence-electron chi connectivity index (χ1n) is 5.88. The SMILES string of the molecule is Cc1cc(Cl)cc(C(=O)N2CCC(N)CC2)c1. The molecule has 0 radical (unpaired) electrons. The van der Waals surface area contributed by atoms with Gasteiger partial charge in [0.05, 0.1) is 0 Å². The van der Waals surface area contributed by atoms with Crippen molar-refractivity contribution in [2.24, 2.45) is 5.73 Å². The average Bonchev–Trinajstić information content (AvgIpc) is 2.28. The molecule has 1 saturated heterocycles. The second-order valence-electron chi connectivity index (χ2n) is 4.65. The van der Waals surface area contributed by atoms with E-state index in [1.807, 2.05) is 24.0 Å². The van der Waals surface area contributed by atoms with Gasteiger partial charge >= 0.3 is 0 Å². The highest BCUT2D eigenvalue weighted by atomic mass is 35.5. The zero-order chi connectivity index (χ0) is 12.4. The Hall–Kier alpha value is -1.06. The van der Waals surface area contributed by atoms with Crippen molar-refractivity contribution in [3.05, 3.63) is 34.3 Å². The number of nitrogens with two attached hydrogens (primary N) is 1. The van der Waals surface area contributed by atoms with Gasteiger partial charge < -0.3 is 10.6 Å². The molecule has 1 amide bonds. The van der Waals surface area contributed by atoms with Crippen LogP contribution in [-0.4, -0.2) is 29.9 Å². The van der Waals surface area contributed by atoms with Gasteiger partial charge in [0.1, 0.15) is 0 Å². The number of hydrogen-bond acceptors (Lipinski definition) is 2. The van der Waals surface area contributed by atoms with E-state index in [-0.39, 0.29) is 11.9 Å². The number of carbonyl (C=O) groups is 1. The van der Waals surface area contributed by atoms with Crippen molar-refractivity contribution in [2.75, 3.05) is 13.1 Å². The summed E-state index contributed by atoms with van der Waals surface area (Å²) < 4.78 is 0. The Kier molecular flexibility index (Phi) is 3.69. The minimum Gasteiger partial charge on any atom is -0.339 e. The molecule has 1 aliphatic rings. The summed E-state index contributed by atoms with van der Waals surface area (Å²) in [6.07, 6.45) is 1.76. The molecule has 3 nitrogen and oxygen atoms in total. The van der Waals surface area contributed by atoms with Crippen molar-refractivity contribution in [1.29, 1.82) is 0 Å². The number of hydrogen-bond donors (Lipinski definition) is 1. The van der Waals surface area contributed by atoms with Gasteiger partial charge in [0.25, 0.3) is 5.91 Å². The van der Waals surface area contributed by atoms with Crippen LogP contribution in [0.4, 0.5) is 0 Å². The lowest BCUT2D eigenvalue weighted by Crippen LogP contribution is -2.42. The number of halogens is 1. The van der Waals surface area contributed by atoms with Crippen LogP contribution >= 0.6 is 11.6 Å². The largest absolute Gasteiger partial charge is 0.339 e. The Bertz CT molecular complexity index is 405. The number of benzene rings is 1. The van der Waals surface area contributed by atoms with Crippen molar-refractivity contribution in [3.8, 4) is 0 Å². The van der Waals surface area contributed by atoms with E-state index < -0.39 is 0 Å². The Morgan fingerprint density at radius 1 is 1.35 bits per heavy atom. The van der Waals surface area contributed by atoms with E-state index in [1.165, 1.54) is 0 Å². The normalized spacial score (nSPS) is 17.2. The fourth-order valence-corrected chi connectivity index (χ4v) is 2.43. The van der Waals surface area contributed by atoms with Gasteiger partial charge in [-0.25, -0.2) is 0 Å². The molecule has 0 atom stereocenters. The quantitative estimate of drug-likeness (QED) is 0.833. The van der Waals surface area contributed by atoms with Crippen molar-refractivity contribution in [1.82, 2.24) is 4.90 Å². The van der Waals surface area contributed by atoms with Gasteiger partial charge in [-0.05, 0) is 43.5 Å². The van der Waals surface area contributed by atoms with Gasteiger partial charge in [0.2, 0.25) is 0 Å². The molecule has 0 aliphatic carbocycles. The lowest BCUT2D eigenvalue weighted by molar-refractivity contribution is 0.0714. The Morgan fingerprint density at radius 2 is 2.00 bits per heavy atom. The third-order valence-corrected chi connectivity index (χ3v) is 3.33. The molecule has 1 aromatic rings. The van der Waals surface area contributed by atoms with E-state index in [0.29, 0.717) is 10.6 Å². The number of aryl methyl sites for hydroxylation is 1. The summed E-state index contributed by atoms with van der Waals surface area (Å²) in [5.41, 5.74) is 7.51. The van der Waals surface area contributed by atoms with Crippen LogP contribution < -0.4 is 5.73 Å². The monoisotopic (exact) mass is 252 g/mol. The van der Waals surface area contributed by atoms with Crippen LogP contribution in [0.1, 0.15) is 28.8 Å². The summed E-state index contributed by atoms with van der Waals surface area (Å²) in [7, 11) is 0. The van der Waals surface area contributed by atoms with Crippen LogP contribution in [0, 0.1) is 6.92 Å². The number of carbonyl (C=O) groups excluding carboxylic acids is 1. The molecule has 2 rings (SSSR count). The predicted octanol–water partition coefficient (Wildman–Crippen LogP) is 2.21. The molecule has 17 heavy (non-hydrogen) atoms. The summed E-state index contributed by atoms with van der Waals surface area (Å²) in [4.78, 5) is 14.1. The van der Waals surface area contributed by atoms with E-state index in [9.17, 15) is 4.79 Å². The van der Waals surface area contributed by atoms with Crippen LogP contribution in [0.3, 0.4) is 0 Å². The van der Waals surface area contributed by atoms with Gasteiger partial charge in [-0.2, -0.15) is 0 Å². The van der Waals surface area contributed by atoms with Crippen LogP contribution in [0.25, 0.3) is 0 Å². The zero-order valence-electron chi connectivity index (χ0n) is 9.95. The average molecular weight is 253 g/mol. The molecule has 2 N–H and O–H groups in total. The minimum absolute atomic E-state index is 0.0579. The maximum absolute atomic E-state index is 12.2. The lowest BCUT2D eigenvalue weighted by Gasteiger charge is -2.30. The van der Waals surface area contributed by atoms with Crippen molar-refractivity contribution < 1.29 is 4.79 Å². The Balaban J connectivity index is 2.14. The molecule has 1 heterocycles. The molecule has 0 unspecified atom stereocenters. The van der Waals surface area contributed by atoms with E-state index in [1.54, 1.807) is 6.07 Å². The first kappa shape index (κ1) is 12.4. The summed E-state index contributed by atoms with van der Waals surface area (Å²) in [6.45, 7) is 3.42. The number of rotatable bonds is 1. The van der Waals surface area contributed by atoms with Crippen LogP contribution in [0.15, 0.2) is 18.2 Å². The number of likely N-dealkylation sites (tertiary alicyclic amines) is 1. The topological polar surface area (TPSA) is 46.3 Å². The molecule has 1 fully saturated rings. The standard InChI is InChI=1S/C13H17ClN2O/c1-9-6-10(8-11(14)7-9)13(17)16-4-2-12(15)3-5-16/h6-8,12H,2-5,15H2,1H3. The molecule has 0 bridgehead atoms. The predicted molar refractivity (Wildman–Crippen MR) is 69.3 cm³/mol. The Labute approximate surface area is 107 Å². The maximum Gasteiger partial charge on any atom is 0.253 e. The number of amides is 1. The number of piperidine rings is 1. The smallest absolute Gasteiger partial charge is 0.253 e. The second-order valence-corrected chi connectivity index (χ2v) is 5.08. The molecule has 4 heteroatoms. The molecule has 0 saturated carbocycles. The highest BCUT2D eigenvalue weighted by Gasteiger charge is 2.21. The highest BCUT2D eigenvalue weighted by Crippen LogP contribution is 2.18. The van der Waals surface area contributed by atoms with Crippen LogP contribution in [-0.2, 0) is 0 Å². The summed E-state index contributed by atoms with van der Waals surface area (Å²) >= 11 is 5.97. The summed E-state index contributed by atoms with van der Waals surface area (Å²) in [5.74, 6) is 0.0579. The van der Waals surface area contributed by atoms with Crippen LogP contribution in [0.2, 0.25) is 5.02 Å².